The SMILES string of the molecule is CCOC(=S)S.Oc1cc(Cl)ccc1Cl.Oc1cccc(Cl)c1.[H-].[K+]. The molecule has 0 heterocycles. The number of hydrogen-bond acceptors (Lipinski definition) is 4. The second-order valence-electron chi connectivity index (χ2n) is 3.77. The number of rotatable bonds is 1. The van der Waals surface area contributed by atoms with E-state index in [1.807, 2.05) is 6.92 Å². The van der Waals surface area contributed by atoms with Crippen LogP contribution in [0, 0.1) is 0 Å². The molecule has 0 spiro atoms. The molecular formula is C15H16Cl3KO3S2. The van der Waals surface area contributed by atoms with Crippen molar-refractivity contribution >= 4 is 64.0 Å². The summed E-state index contributed by atoms with van der Waals surface area (Å²) in [5.41, 5.74) is 0. The van der Waals surface area contributed by atoms with Gasteiger partial charge >= 0.3 is 51.4 Å². The van der Waals surface area contributed by atoms with Crippen molar-refractivity contribution in [2.75, 3.05) is 6.61 Å². The van der Waals surface area contributed by atoms with Crippen molar-refractivity contribution in [3.63, 3.8) is 0 Å². The van der Waals surface area contributed by atoms with Crippen molar-refractivity contribution in [3.05, 3.63) is 57.5 Å². The molecule has 0 saturated carbocycles. The van der Waals surface area contributed by atoms with Crippen LogP contribution < -0.4 is 51.4 Å². The molecule has 2 aromatic carbocycles. The largest absolute Gasteiger partial charge is 1.00 e. The van der Waals surface area contributed by atoms with Crippen LogP contribution in [0.15, 0.2) is 42.5 Å². The Morgan fingerprint density at radius 2 is 1.71 bits per heavy atom. The Balaban J connectivity index is -0.000000285. The second-order valence-corrected chi connectivity index (χ2v) is 6.13. The number of ether oxygens (including phenoxy) is 1. The number of benzene rings is 2. The van der Waals surface area contributed by atoms with Crippen LogP contribution in [0.2, 0.25) is 15.1 Å². The van der Waals surface area contributed by atoms with E-state index in [1.54, 1.807) is 30.3 Å². The van der Waals surface area contributed by atoms with Crippen LogP contribution in [0.3, 0.4) is 0 Å². The third-order valence-corrected chi connectivity index (χ3v) is 3.02. The molecule has 0 amide bonds. The van der Waals surface area contributed by atoms with Gasteiger partial charge in [-0.2, -0.15) is 0 Å². The van der Waals surface area contributed by atoms with Gasteiger partial charge in [-0.15, -0.1) is 0 Å². The minimum absolute atomic E-state index is 0. The van der Waals surface area contributed by atoms with E-state index in [9.17, 15) is 0 Å². The molecule has 3 nitrogen and oxygen atoms in total. The van der Waals surface area contributed by atoms with E-state index in [4.69, 9.17) is 45.0 Å². The first-order chi connectivity index (χ1) is 10.8. The topological polar surface area (TPSA) is 49.7 Å². The Kier molecular flexibility index (Phi) is 18.0. The van der Waals surface area contributed by atoms with Gasteiger partial charge in [-0.1, -0.05) is 53.5 Å². The maximum atomic E-state index is 8.88. The molecule has 128 valence electrons. The summed E-state index contributed by atoms with van der Waals surface area (Å²) in [4.78, 5) is 0. The molecular weight excluding hydrogens is 438 g/mol. The summed E-state index contributed by atoms with van der Waals surface area (Å²) < 4.78 is 4.95. The zero-order valence-corrected chi connectivity index (χ0v) is 20.1. The second kappa shape index (κ2) is 16.0. The molecule has 0 saturated heterocycles. The van der Waals surface area contributed by atoms with E-state index >= 15 is 0 Å². The first kappa shape index (κ1) is 27.0. The van der Waals surface area contributed by atoms with E-state index in [0.29, 0.717) is 26.1 Å². The predicted octanol–water partition coefficient (Wildman–Crippen LogP) is 3.10. The maximum Gasteiger partial charge on any atom is 1.00 e. The fourth-order valence-electron chi connectivity index (χ4n) is 1.09. The van der Waals surface area contributed by atoms with Gasteiger partial charge in [-0.25, -0.2) is 0 Å². The van der Waals surface area contributed by atoms with Gasteiger partial charge in [0.2, 0.25) is 4.38 Å². The van der Waals surface area contributed by atoms with Gasteiger partial charge in [-0.05, 0) is 49.5 Å². The smallest absolute Gasteiger partial charge is 1.00 e. The standard InChI is InChI=1S/C6H4Cl2O.C6H5ClO.C3H6OS2.K.H/c7-4-1-2-5(8)6(9)3-4;7-5-2-1-3-6(8)4-5;1-2-4-3(5)6;;/h1-3,9H;1-4,8H;2H2,1H3,(H,5,6);;/q;;;+1;-1. The Bertz CT molecular complexity index is 619. The van der Waals surface area contributed by atoms with Crippen LogP contribution >= 0.6 is 59.6 Å². The van der Waals surface area contributed by atoms with E-state index in [2.05, 4.69) is 29.6 Å². The van der Waals surface area contributed by atoms with E-state index < -0.39 is 0 Å². The van der Waals surface area contributed by atoms with Crippen LogP contribution in [0.25, 0.3) is 0 Å². The Hall–Kier alpha value is 0.786. The average Bonchev–Trinajstić information content (AvgIpc) is 2.44. The summed E-state index contributed by atoms with van der Waals surface area (Å²) in [5, 5.41) is 19.0. The van der Waals surface area contributed by atoms with Crippen LogP contribution in [0.4, 0.5) is 0 Å². The zero-order chi connectivity index (χ0) is 17.8. The molecule has 2 rings (SSSR count). The summed E-state index contributed by atoms with van der Waals surface area (Å²) >= 11 is 24.6. The monoisotopic (exact) mass is 452 g/mol. The molecule has 0 radical (unpaired) electrons. The van der Waals surface area contributed by atoms with Crippen LogP contribution in [-0.4, -0.2) is 21.2 Å². The summed E-state index contributed by atoms with van der Waals surface area (Å²) in [6, 6.07) is 11.0. The molecule has 0 aliphatic heterocycles. The normalized spacial score (nSPS) is 8.54. The number of thiol groups is 1. The third kappa shape index (κ3) is 15.1. The number of halogens is 3. The molecule has 9 heteroatoms. The number of phenolic OH excluding ortho intramolecular Hbond substituents is 2. The van der Waals surface area contributed by atoms with Crippen LogP contribution in [-0.2, 0) is 4.74 Å². The van der Waals surface area contributed by atoms with Crippen LogP contribution in [0.1, 0.15) is 8.35 Å². The molecule has 24 heavy (non-hydrogen) atoms. The summed E-state index contributed by atoms with van der Waals surface area (Å²) in [5.74, 6) is 0.224. The van der Waals surface area contributed by atoms with Gasteiger partial charge in [0.1, 0.15) is 11.5 Å². The van der Waals surface area contributed by atoms with Crippen molar-refractivity contribution in [2.24, 2.45) is 0 Å². The van der Waals surface area contributed by atoms with E-state index in [-0.39, 0.29) is 64.3 Å². The van der Waals surface area contributed by atoms with Crippen molar-refractivity contribution < 1.29 is 67.8 Å². The van der Waals surface area contributed by atoms with Crippen molar-refractivity contribution in [2.45, 2.75) is 6.92 Å². The molecule has 0 aliphatic carbocycles. The quantitative estimate of drug-likeness (QED) is 0.353. The zero-order valence-electron chi connectivity index (χ0n) is 14.0. The van der Waals surface area contributed by atoms with Crippen LogP contribution in [0.5, 0.6) is 11.5 Å². The van der Waals surface area contributed by atoms with Crippen molar-refractivity contribution in [1.29, 1.82) is 0 Å². The summed E-state index contributed by atoms with van der Waals surface area (Å²) in [6.45, 7) is 2.48. The molecule has 0 bridgehead atoms. The molecule has 0 aromatic heterocycles. The van der Waals surface area contributed by atoms with Gasteiger partial charge in [0.25, 0.3) is 0 Å². The van der Waals surface area contributed by atoms with Gasteiger partial charge in [-0.3, -0.25) is 0 Å². The van der Waals surface area contributed by atoms with Gasteiger partial charge in [0, 0.05) is 16.1 Å². The van der Waals surface area contributed by atoms with Gasteiger partial charge in [0.05, 0.1) is 11.6 Å². The minimum Gasteiger partial charge on any atom is -1.00 e. The van der Waals surface area contributed by atoms with E-state index in [1.165, 1.54) is 12.1 Å². The molecule has 2 aromatic rings. The predicted molar refractivity (Wildman–Crippen MR) is 106 cm³/mol. The summed E-state index contributed by atoms with van der Waals surface area (Å²) in [7, 11) is 0. The first-order valence-corrected chi connectivity index (χ1v) is 8.19. The molecule has 0 fully saturated rings. The molecule has 0 unspecified atom stereocenters. The minimum atomic E-state index is 0. The number of hydrogen-bond donors (Lipinski definition) is 3. The molecule has 2 N–H and O–H groups in total. The Morgan fingerprint density at radius 1 is 1.12 bits per heavy atom. The Labute approximate surface area is 211 Å². The molecule has 0 atom stereocenters. The maximum absolute atomic E-state index is 8.88. The third-order valence-electron chi connectivity index (χ3n) is 1.98. The average molecular weight is 454 g/mol. The summed E-state index contributed by atoms with van der Waals surface area (Å²) in [6.07, 6.45) is 0. The fraction of sp³-hybridized carbons (Fsp3) is 0.133. The van der Waals surface area contributed by atoms with Crippen molar-refractivity contribution in [3.8, 4) is 11.5 Å². The van der Waals surface area contributed by atoms with Crippen molar-refractivity contribution in [1.82, 2.24) is 0 Å². The number of aromatic hydroxyl groups is 2. The van der Waals surface area contributed by atoms with E-state index in [0.717, 1.165) is 0 Å². The fourth-order valence-corrected chi connectivity index (χ4v) is 1.80. The molecule has 0 aliphatic rings. The van der Waals surface area contributed by atoms with Gasteiger partial charge < -0.3 is 16.4 Å². The number of phenols is 2. The van der Waals surface area contributed by atoms with Gasteiger partial charge in [0.15, 0.2) is 0 Å². The number of thiocarbonyl (C=S) groups is 1. The first-order valence-electron chi connectivity index (χ1n) is 6.20. The Morgan fingerprint density at radius 3 is 2.00 bits per heavy atom.